The van der Waals surface area contributed by atoms with Gasteiger partial charge in [0.2, 0.25) is 17.7 Å². The Labute approximate surface area is 147 Å². The first-order valence-corrected chi connectivity index (χ1v) is 8.55. The van der Waals surface area contributed by atoms with Gasteiger partial charge in [-0.1, -0.05) is 20.3 Å². The number of carboxylic acid groups (broad SMARTS) is 1. The molecule has 4 unspecified atom stereocenters. The summed E-state index contributed by atoms with van der Waals surface area (Å²) in [4.78, 5) is 49.2. The molecule has 0 saturated carbocycles. The second kappa shape index (κ2) is 9.36. The van der Waals surface area contributed by atoms with Crippen LogP contribution < -0.4 is 16.4 Å². The summed E-state index contributed by atoms with van der Waals surface area (Å²) >= 11 is 0. The maximum Gasteiger partial charge on any atom is 0.325 e. The highest BCUT2D eigenvalue weighted by Gasteiger charge is 2.39. The topological polar surface area (TPSA) is 142 Å². The third-order valence-electron chi connectivity index (χ3n) is 4.55. The fourth-order valence-electron chi connectivity index (χ4n) is 2.77. The van der Waals surface area contributed by atoms with Gasteiger partial charge in [0.25, 0.3) is 0 Å². The van der Waals surface area contributed by atoms with Gasteiger partial charge in [0.05, 0.1) is 6.54 Å². The molecule has 1 aliphatic rings. The summed E-state index contributed by atoms with van der Waals surface area (Å²) in [5, 5.41) is 13.9. The highest BCUT2D eigenvalue weighted by atomic mass is 16.4. The van der Waals surface area contributed by atoms with Crippen molar-refractivity contribution in [2.24, 2.45) is 11.7 Å². The smallest absolute Gasteiger partial charge is 0.325 e. The SMILES string of the molecule is CCC(C)C(NC(=O)CN)C(=O)N1CCCC1C(=O)NC(C)C(=O)O. The first-order chi connectivity index (χ1) is 11.7. The van der Waals surface area contributed by atoms with Gasteiger partial charge in [0, 0.05) is 6.54 Å². The van der Waals surface area contributed by atoms with E-state index in [1.807, 2.05) is 13.8 Å². The molecule has 0 aromatic heterocycles. The van der Waals surface area contributed by atoms with Crippen LogP contribution in [0.25, 0.3) is 0 Å². The second-order valence-electron chi connectivity index (χ2n) is 6.39. The van der Waals surface area contributed by atoms with Crippen LogP contribution in [0.4, 0.5) is 0 Å². The molecule has 25 heavy (non-hydrogen) atoms. The molecule has 9 heteroatoms. The Bertz CT molecular complexity index is 525. The predicted molar refractivity (Wildman–Crippen MR) is 90.4 cm³/mol. The Balaban J connectivity index is 2.89. The highest BCUT2D eigenvalue weighted by Crippen LogP contribution is 2.21. The summed E-state index contributed by atoms with van der Waals surface area (Å²) in [6, 6.07) is -2.52. The van der Waals surface area contributed by atoms with Crippen LogP contribution in [0, 0.1) is 5.92 Å². The summed E-state index contributed by atoms with van der Waals surface area (Å²) in [7, 11) is 0. The molecule has 0 aliphatic carbocycles. The highest BCUT2D eigenvalue weighted by molar-refractivity contribution is 5.94. The quantitative estimate of drug-likeness (QED) is 0.442. The standard InChI is InChI=1S/C16H28N4O5/c1-4-9(2)13(19-12(21)8-17)15(23)20-7-5-6-11(20)14(22)18-10(3)16(24)25/h9-11,13H,4-8,17H2,1-3H3,(H,18,22)(H,19,21)(H,24,25). The average Bonchev–Trinajstić information content (AvgIpc) is 3.07. The lowest BCUT2D eigenvalue weighted by Crippen LogP contribution is -2.57. The number of amides is 3. The van der Waals surface area contributed by atoms with Gasteiger partial charge >= 0.3 is 5.97 Å². The van der Waals surface area contributed by atoms with Gasteiger partial charge in [0.15, 0.2) is 0 Å². The van der Waals surface area contributed by atoms with Crippen LogP contribution in [0.15, 0.2) is 0 Å². The molecular weight excluding hydrogens is 328 g/mol. The van der Waals surface area contributed by atoms with E-state index in [1.165, 1.54) is 11.8 Å². The first kappa shape index (κ1) is 20.9. The maximum atomic E-state index is 12.9. The van der Waals surface area contributed by atoms with Gasteiger partial charge in [-0.05, 0) is 25.7 Å². The number of rotatable bonds is 8. The number of carbonyl (C=O) groups excluding carboxylic acids is 3. The number of nitrogens with zero attached hydrogens (tertiary/aromatic N) is 1. The predicted octanol–water partition coefficient (Wildman–Crippen LogP) is -0.944. The molecule has 1 heterocycles. The molecule has 0 radical (unpaired) electrons. The van der Waals surface area contributed by atoms with Crippen LogP contribution in [-0.4, -0.2) is 64.9 Å². The molecule has 0 bridgehead atoms. The lowest BCUT2D eigenvalue weighted by Gasteiger charge is -2.31. The molecule has 3 amide bonds. The van der Waals surface area contributed by atoms with E-state index in [-0.39, 0.29) is 18.4 Å². The largest absolute Gasteiger partial charge is 0.480 e. The van der Waals surface area contributed by atoms with Crippen molar-refractivity contribution >= 4 is 23.7 Å². The first-order valence-electron chi connectivity index (χ1n) is 8.55. The van der Waals surface area contributed by atoms with Gasteiger partial charge in [-0.3, -0.25) is 19.2 Å². The summed E-state index contributed by atoms with van der Waals surface area (Å²) in [6.07, 6.45) is 1.77. The van der Waals surface area contributed by atoms with Crippen LogP contribution >= 0.6 is 0 Å². The summed E-state index contributed by atoms with van der Waals surface area (Å²) in [5.74, 6) is -2.52. The van der Waals surface area contributed by atoms with Gasteiger partial charge in [0.1, 0.15) is 18.1 Å². The molecule has 5 N–H and O–H groups in total. The zero-order valence-corrected chi connectivity index (χ0v) is 14.9. The lowest BCUT2D eigenvalue weighted by atomic mass is 9.97. The van der Waals surface area contributed by atoms with Gasteiger partial charge < -0.3 is 26.4 Å². The van der Waals surface area contributed by atoms with Crippen molar-refractivity contribution in [1.82, 2.24) is 15.5 Å². The van der Waals surface area contributed by atoms with Crippen LogP contribution in [0.5, 0.6) is 0 Å². The van der Waals surface area contributed by atoms with E-state index in [1.54, 1.807) is 0 Å². The number of aliphatic carboxylic acids is 1. The molecular formula is C16H28N4O5. The van der Waals surface area contributed by atoms with E-state index in [4.69, 9.17) is 10.8 Å². The minimum atomic E-state index is -1.14. The van der Waals surface area contributed by atoms with Crippen molar-refractivity contribution < 1.29 is 24.3 Å². The minimum Gasteiger partial charge on any atom is -0.480 e. The van der Waals surface area contributed by atoms with Crippen LogP contribution in [-0.2, 0) is 19.2 Å². The fraction of sp³-hybridized carbons (Fsp3) is 0.750. The second-order valence-corrected chi connectivity index (χ2v) is 6.39. The number of carbonyl (C=O) groups is 4. The molecule has 0 aromatic carbocycles. The van der Waals surface area contributed by atoms with E-state index in [2.05, 4.69) is 10.6 Å². The van der Waals surface area contributed by atoms with E-state index in [9.17, 15) is 19.2 Å². The van der Waals surface area contributed by atoms with Crippen molar-refractivity contribution in [2.75, 3.05) is 13.1 Å². The zero-order chi connectivity index (χ0) is 19.1. The molecule has 142 valence electrons. The molecule has 1 aliphatic heterocycles. The normalized spacial score (nSPS) is 20.5. The number of hydrogen-bond acceptors (Lipinski definition) is 5. The zero-order valence-electron chi connectivity index (χ0n) is 14.9. The van der Waals surface area contributed by atoms with Crippen LogP contribution in [0.3, 0.4) is 0 Å². The average molecular weight is 356 g/mol. The monoisotopic (exact) mass is 356 g/mol. The summed E-state index contributed by atoms with van der Waals surface area (Å²) < 4.78 is 0. The molecule has 0 aromatic rings. The van der Waals surface area contributed by atoms with Crippen LogP contribution in [0.2, 0.25) is 0 Å². The van der Waals surface area contributed by atoms with E-state index in [0.717, 1.165) is 0 Å². The fourth-order valence-corrected chi connectivity index (χ4v) is 2.77. The van der Waals surface area contributed by atoms with Gasteiger partial charge in [-0.15, -0.1) is 0 Å². The van der Waals surface area contributed by atoms with Gasteiger partial charge in [-0.25, -0.2) is 0 Å². The lowest BCUT2D eigenvalue weighted by molar-refractivity contribution is -0.145. The number of carboxylic acids is 1. The molecule has 0 spiro atoms. The van der Waals surface area contributed by atoms with E-state index >= 15 is 0 Å². The van der Waals surface area contributed by atoms with E-state index in [0.29, 0.717) is 25.8 Å². The number of likely N-dealkylation sites (tertiary alicyclic amines) is 1. The minimum absolute atomic E-state index is 0.120. The van der Waals surface area contributed by atoms with E-state index < -0.39 is 35.9 Å². The molecule has 9 nitrogen and oxygen atoms in total. The Morgan fingerprint density at radius 3 is 2.40 bits per heavy atom. The van der Waals surface area contributed by atoms with Crippen molar-refractivity contribution in [3.05, 3.63) is 0 Å². The Morgan fingerprint density at radius 2 is 1.88 bits per heavy atom. The van der Waals surface area contributed by atoms with Crippen molar-refractivity contribution in [3.8, 4) is 0 Å². The molecule has 1 rings (SSSR count). The van der Waals surface area contributed by atoms with Crippen molar-refractivity contribution in [1.29, 1.82) is 0 Å². The Hall–Kier alpha value is -2.16. The molecule has 4 atom stereocenters. The Kier molecular flexibility index (Phi) is 7.82. The third kappa shape index (κ3) is 5.42. The summed E-state index contributed by atoms with van der Waals surface area (Å²) in [6.45, 7) is 5.29. The summed E-state index contributed by atoms with van der Waals surface area (Å²) in [5.41, 5.74) is 5.32. The number of nitrogens with one attached hydrogen (secondary N) is 2. The Morgan fingerprint density at radius 1 is 1.24 bits per heavy atom. The number of nitrogens with two attached hydrogens (primary N) is 1. The van der Waals surface area contributed by atoms with Crippen molar-refractivity contribution in [3.63, 3.8) is 0 Å². The van der Waals surface area contributed by atoms with Crippen molar-refractivity contribution in [2.45, 2.75) is 58.2 Å². The number of hydrogen-bond donors (Lipinski definition) is 4. The molecule has 1 saturated heterocycles. The van der Waals surface area contributed by atoms with Gasteiger partial charge in [-0.2, -0.15) is 0 Å². The van der Waals surface area contributed by atoms with Crippen LogP contribution in [0.1, 0.15) is 40.0 Å². The maximum absolute atomic E-state index is 12.9. The molecule has 1 fully saturated rings. The third-order valence-corrected chi connectivity index (χ3v) is 4.55.